The molecule has 0 spiro atoms. The number of rotatable bonds is 6. The van der Waals surface area contributed by atoms with Crippen molar-refractivity contribution in [1.82, 2.24) is 9.97 Å². The van der Waals surface area contributed by atoms with Crippen LogP contribution in [-0.4, -0.2) is 23.0 Å². The van der Waals surface area contributed by atoms with Crippen molar-refractivity contribution < 1.29 is 9.53 Å². The van der Waals surface area contributed by atoms with Crippen molar-refractivity contribution >= 4 is 46.2 Å². The van der Waals surface area contributed by atoms with Gasteiger partial charge in [0.2, 0.25) is 5.91 Å². The fourth-order valence-electron chi connectivity index (χ4n) is 2.41. The first-order chi connectivity index (χ1) is 13.0. The van der Waals surface area contributed by atoms with Crippen LogP contribution in [0.15, 0.2) is 54.9 Å². The maximum atomic E-state index is 11.2. The van der Waals surface area contributed by atoms with Gasteiger partial charge in [0.1, 0.15) is 23.7 Å². The number of benzene rings is 2. The first-order valence-corrected chi connectivity index (χ1v) is 8.48. The van der Waals surface area contributed by atoms with Gasteiger partial charge in [0.15, 0.2) is 0 Å². The Morgan fingerprint density at radius 2 is 1.63 bits per heavy atom. The summed E-state index contributed by atoms with van der Waals surface area (Å²) in [5.74, 6) is 1.68. The van der Waals surface area contributed by atoms with Gasteiger partial charge in [-0.15, -0.1) is 0 Å². The van der Waals surface area contributed by atoms with Crippen molar-refractivity contribution in [2.45, 2.75) is 6.92 Å². The third-order valence-corrected chi connectivity index (χ3v) is 3.84. The monoisotopic (exact) mass is 383 g/mol. The van der Waals surface area contributed by atoms with Crippen LogP contribution < -0.4 is 20.7 Å². The average Bonchev–Trinajstić information content (AvgIpc) is 2.62. The first kappa shape index (κ1) is 18.5. The molecule has 3 aromatic rings. The molecule has 0 radical (unpaired) electrons. The average molecular weight is 384 g/mol. The highest BCUT2D eigenvalue weighted by molar-refractivity contribution is 6.32. The number of aromatic nitrogens is 2. The molecule has 0 fully saturated rings. The van der Waals surface area contributed by atoms with E-state index in [1.54, 1.807) is 25.3 Å². The number of carbonyl (C=O) groups is 1. The van der Waals surface area contributed by atoms with Crippen LogP contribution in [0.2, 0.25) is 5.02 Å². The van der Waals surface area contributed by atoms with Crippen LogP contribution >= 0.6 is 11.6 Å². The normalized spacial score (nSPS) is 10.2. The van der Waals surface area contributed by atoms with Crippen molar-refractivity contribution in [2.24, 2.45) is 0 Å². The van der Waals surface area contributed by atoms with E-state index in [1.165, 1.54) is 13.3 Å². The van der Waals surface area contributed by atoms with Crippen molar-refractivity contribution in [3.05, 3.63) is 59.9 Å². The third kappa shape index (κ3) is 5.08. The molecule has 1 aromatic heterocycles. The Kier molecular flexibility index (Phi) is 5.73. The topological polar surface area (TPSA) is 88.2 Å². The van der Waals surface area contributed by atoms with E-state index in [0.29, 0.717) is 28.1 Å². The summed E-state index contributed by atoms with van der Waals surface area (Å²) >= 11 is 6.15. The highest BCUT2D eigenvalue weighted by atomic mass is 35.5. The number of hydrogen-bond donors (Lipinski definition) is 3. The van der Waals surface area contributed by atoms with Gasteiger partial charge >= 0.3 is 0 Å². The lowest BCUT2D eigenvalue weighted by atomic mass is 10.2. The van der Waals surface area contributed by atoms with Crippen LogP contribution in [0, 0.1) is 0 Å². The number of halogens is 1. The molecule has 0 atom stereocenters. The molecule has 0 aliphatic carbocycles. The molecule has 7 nitrogen and oxygen atoms in total. The minimum Gasteiger partial charge on any atom is -0.495 e. The molecule has 0 bridgehead atoms. The Hall–Kier alpha value is -3.32. The SMILES string of the molecule is COc1ccc(Nc2cc(Nc3cccc(NC(C)=O)c3)ncn2)cc1Cl. The molecular formula is C19H18ClN5O2. The number of nitrogens with one attached hydrogen (secondary N) is 3. The fraction of sp³-hybridized carbons (Fsp3) is 0.105. The lowest BCUT2D eigenvalue weighted by Crippen LogP contribution is -2.06. The highest BCUT2D eigenvalue weighted by Crippen LogP contribution is 2.29. The van der Waals surface area contributed by atoms with Gasteiger partial charge < -0.3 is 20.7 Å². The van der Waals surface area contributed by atoms with Gasteiger partial charge in [-0.2, -0.15) is 0 Å². The van der Waals surface area contributed by atoms with Gasteiger partial charge in [0.05, 0.1) is 12.1 Å². The van der Waals surface area contributed by atoms with E-state index in [1.807, 2.05) is 30.3 Å². The quantitative estimate of drug-likeness (QED) is 0.577. The van der Waals surface area contributed by atoms with Crippen LogP contribution in [0.4, 0.5) is 28.7 Å². The molecule has 1 amide bonds. The Labute approximate surface area is 161 Å². The van der Waals surface area contributed by atoms with E-state index < -0.39 is 0 Å². The molecule has 3 N–H and O–H groups in total. The molecule has 2 aromatic carbocycles. The summed E-state index contributed by atoms with van der Waals surface area (Å²) in [6.45, 7) is 1.47. The zero-order chi connectivity index (χ0) is 19.2. The predicted molar refractivity (Wildman–Crippen MR) is 107 cm³/mol. The zero-order valence-electron chi connectivity index (χ0n) is 14.8. The van der Waals surface area contributed by atoms with Crippen LogP contribution in [0.3, 0.4) is 0 Å². The largest absolute Gasteiger partial charge is 0.495 e. The van der Waals surface area contributed by atoms with Gasteiger partial charge in [-0.1, -0.05) is 17.7 Å². The van der Waals surface area contributed by atoms with Crippen molar-refractivity contribution in [2.75, 3.05) is 23.1 Å². The number of anilines is 5. The zero-order valence-corrected chi connectivity index (χ0v) is 15.5. The summed E-state index contributed by atoms with van der Waals surface area (Å²) < 4.78 is 5.15. The van der Waals surface area contributed by atoms with Crippen LogP contribution in [0.25, 0.3) is 0 Å². The first-order valence-electron chi connectivity index (χ1n) is 8.11. The Bertz CT molecular complexity index is 964. The Morgan fingerprint density at radius 1 is 0.963 bits per heavy atom. The van der Waals surface area contributed by atoms with E-state index >= 15 is 0 Å². The predicted octanol–water partition coefficient (Wildman–Crippen LogP) is 4.58. The minimum absolute atomic E-state index is 0.126. The molecule has 27 heavy (non-hydrogen) atoms. The van der Waals surface area contributed by atoms with Crippen molar-refractivity contribution in [3.8, 4) is 5.75 Å². The molecule has 0 unspecified atom stereocenters. The molecule has 0 aliphatic heterocycles. The summed E-state index contributed by atoms with van der Waals surface area (Å²) in [4.78, 5) is 19.6. The molecule has 138 valence electrons. The van der Waals surface area contributed by atoms with Gasteiger partial charge in [-0.05, 0) is 36.4 Å². The number of hydrogen-bond acceptors (Lipinski definition) is 6. The van der Waals surface area contributed by atoms with Gasteiger partial charge in [0, 0.05) is 30.1 Å². The van der Waals surface area contributed by atoms with E-state index in [9.17, 15) is 4.79 Å². The highest BCUT2D eigenvalue weighted by Gasteiger charge is 2.05. The smallest absolute Gasteiger partial charge is 0.221 e. The number of ether oxygens (including phenoxy) is 1. The lowest BCUT2D eigenvalue weighted by molar-refractivity contribution is -0.114. The van der Waals surface area contributed by atoms with E-state index in [2.05, 4.69) is 25.9 Å². The lowest BCUT2D eigenvalue weighted by Gasteiger charge is -2.11. The number of methoxy groups -OCH3 is 1. The maximum Gasteiger partial charge on any atom is 0.221 e. The third-order valence-electron chi connectivity index (χ3n) is 3.55. The maximum absolute atomic E-state index is 11.2. The molecule has 8 heteroatoms. The standard InChI is InChI=1S/C19H18ClN5O2/c1-12(26)23-13-4-3-5-14(8-13)24-18-10-19(22-11-21-18)25-15-6-7-17(27-2)16(20)9-15/h3-11H,1-2H3,(H,23,26)(H2,21,22,24,25). The summed E-state index contributed by atoms with van der Waals surface area (Å²) in [5.41, 5.74) is 2.27. The van der Waals surface area contributed by atoms with Gasteiger partial charge in [0.25, 0.3) is 0 Å². The number of carbonyl (C=O) groups excluding carboxylic acids is 1. The Morgan fingerprint density at radius 3 is 2.26 bits per heavy atom. The second-order valence-electron chi connectivity index (χ2n) is 5.65. The number of nitrogens with zero attached hydrogens (tertiary/aromatic N) is 2. The van der Waals surface area contributed by atoms with E-state index in [4.69, 9.17) is 16.3 Å². The summed E-state index contributed by atoms with van der Waals surface area (Å²) in [6.07, 6.45) is 1.45. The van der Waals surface area contributed by atoms with Crippen LogP contribution in [0.5, 0.6) is 5.75 Å². The molecule has 0 saturated carbocycles. The fourth-order valence-corrected chi connectivity index (χ4v) is 2.67. The summed E-state index contributed by atoms with van der Waals surface area (Å²) in [7, 11) is 1.57. The second-order valence-corrected chi connectivity index (χ2v) is 6.06. The van der Waals surface area contributed by atoms with Gasteiger partial charge in [-0.25, -0.2) is 9.97 Å². The molecule has 0 aliphatic rings. The second kappa shape index (κ2) is 8.37. The number of amides is 1. The molecule has 1 heterocycles. The van der Waals surface area contributed by atoms with Crippen LogP contribution in [0.1, 0.15) is 6.92 Å². The summed E-state index contributed by atoms with van der Waals surface area (Å²) in [5, 5.41) is 9.60. The Balaban J connectivity index is 1.74. The molecule has 0 saturated heterocycles. The van der Waals surface area contributed by atoms with Crippen molar-refractivity contribution in [3.63, 3.8) is 0 Å². The summed E-state index contributed by atoms with van der Waals surface area (Å²) in [6, 6.07) is 14.5. The van der Waals surface area contributed by atoms with E-state index in [0.717, 1.165) is 11.4 Å². The van der Waals surface area contributed by atoms with E-state index in [-0.39, 0.29) is 5.91 Å². The van der Waals surface area contributed by atoms with Crippen LogP contribution in [-0.2, 0) is 4.79 Å². The minimum atomic E-state index is -0.126. The van der Waals surface area contributed by atoms with Crippen molar-refractivity contribution in [1.29, 1.82) is 0 Å². The molecular weight excluding hydrogens is 366 g/mol. The van der Waals surface area contributed by atoms with Gasteiger partial charge in [-0.3, -0.25) is 4.79 Å². The molecule has 3 rings (SSSR count).